The summed E-state index contributed by atoms with van der Waals surface area (Å²) in [6.07, 6.45) is 1.36. The maximum Gasteiger partial charge on any atom is 0.232 e. The first-order valence-electron chi connectivity index (χ1n) is 9.16. The molecule has 2 heterocycles. The van der Waals surface area contributed by atoms with Crippen molar-refractivity contribution in [1.29, 1.82) is 0 Å². The largest absolute Gasteiger partial charge is 0.381 e. The number of carbonyl (C=O) groups excluding carboxylic acids is 1. The molecule has 2 fully saturated rings. The fourth-order valence-corrected chi connectivity index (χ4v) is 3.57. The van der Waals surface area contributed by atoms with Gasteiger partial charge in [-0.2, -0.15) is 0 Å². The van der Waals surface area contributed by atoms with Gasteiger partial charge >= 0.3 is 0 Å². The van der Waals surface area contributed by atoms with Gasteiger partial charge in [0.2, 0.25) is 5.91 Å². The normalized spacial score (nSPS) is 22.3. The molecule has 3 rings (SSSR count). The van der Waals surface area contributed by atoms with Gasteiger partial charge in [-0.05, 0) is 37.5 Å². The molecule has 1 atom stereocenters. The molecule has 138 valence electrons. The van der Waals surface area contributed by atoms with Crippen LogP contribution in [-0.4, -0.2) is 56.9 Å². The van der Waals surface area contributed by atoms with Crippen LogP contribution in [0.15, 0.2) is 24.3 Å². The lowest BCUT2D eigenvalue weighted by molar-refractivity contribution is -0.130. The van der Waals surface area contributed by atoms with Crippen LogP contribution in [0.4, 0.5) is 5.69 Å². The summed E-state index contributed by atoms with van der Waals surface area (Å²) in [5.41, 5.74) is 7.48. The Morgan fingerprint density at radius 3 is 2.36 bits per heavy atom. The minimum absolute atomic E-state index is 0.00674. The zero-order valence-corrected chi connectivity index (χ0v) is 15.0. The number of amides is 1. The molecule has 1 unspecified atom stereocenters. The molecular formula is C19H29N3O3. The fourth-order valence-electron chi connectivity index (χ4n) is 3.57. The number of ether oxygens (including phenoxy) is 2. The van der Waals surface area contributed by atoms with Gasteiger partial charge in [-0.3, -0.25) is 9.69 Å². The van der Waals surface area contributed by atoms with Crippen molar-refractivity contribution in [3.8, 4) is 0 Å². The number of carbonyl (C=O) groups is 1. The lowest BCUT2D eigenvalue weighted by Gasteiger charge is -2.34. The van der Waals surface area contributed by atoms with Gasteiger partial charge in [-0.15, -0.1) is 0 Å². The number of nitrogens with one attached hydrogen (secondary N) is 1. The molecule has 0 bridgehead atoms. The van der Waals surface area contributed by atoms with E-state index in [1.54, 1.807) is 0 Å². The smallest absolute Gasteiger partial charge is 0.232 e. The first-order chi connectivity index (χ1) is 12.1. The fraction of sp³-hybridized carbons (Fsp3) is 0.632. The monoisotopic (exact) mass is 347 g/mol. The number of hydrogen-bond donors (Lipinski definition) is 2. The minimum Gasteiger partial charge on any atom is -0.381 e. The Morgan fingerprint density at radius 2 is 1.76 bits per heavy atom. The van der Waals surface area contributed by atoms with Crippen LogP contribution in [-0.2, 0) is 14.3 Å². The number of nitrogens with two attached hydrogens (primary N) is 1. The summed E-state index contributed by atoms with van der Waals surface area (Å²) in [5.74, 6) is 0.00674. The third-order valence-corrected chi connectivity index (χ3v) is 5.57. The van der Waals surface area contributed by atoms with Crippen LogP contribution in [0, 0.1) is 5.41 Å². The molecule has 6 heteroatoms. The second-order valence-electron chi connectivity index (χ2n) is 7.00. The maximum absolute atomic E-state index is 12.7. The zero-order valence-electron chi connectivity index (χ0n) is 15.0. The Kier molecular flexibility index (Phi) is 6.06. The molecule has 0 aromatic heterocycles. The van der Waals surface area contributed by atoms with Crippen molar-refractivity contribution in [2.45, 2.75) is 25.8 Å². The van der Waals surface area contributed by atoms with Crippen LogP contribution < -0.4 is 11.1 Å². The molecule has 3 N–H and O–H groups in total. The molecule has 6 nitrogen and oxygen atoms in total. The molecule has 0 spiro atoms. The summed E-state index contributed by atoms with van der Waals surface area (Å²) in [6.45, 7) is 7.27. The van der Waals surface area contributed by atoms with Crippen LogP contribution in [0.3, 0.4) is 0 Å². The molecule has 1 aromatic carbocycles. The molecule has 2 aliphatic rings. The van der Waals surface area contributed by atoms with E-state index in [1.165, 1.54) is 5.56 Å². The van der Waals surface area contributed by atoms with Gasteiger partial charge in [0.05, 0.1) is 18.6 Å². The van der Waals surface area contributed by atoms with E-state index in [0.29, 0.717) is 38.6 Å². The van der Waals surface area contributed by atoms with Gasteiger partial charge < -0.3 is 20.5 Å². The number of morpholine rings is 1. The van der Waals surface area contributed by atoms with Crippen molar-refractivity contribution in [3.05, 3.63) is 29.8 Å². The van der Waals surface area contributed by atoms with Gasteiger partial charge in [-0.25, -0.2) is 0 Å². The minimum atomic E-state index is -0.502. The number of benzene rings is 1. The topological polar surface area (TPSA) is 76.8 Å². The van der Waals surface area contributed by atoms with Crippen molar-refractivity contribution in [2.24, 2.45) is 11.1 Å². The van der Waals surface area contributed by atoms with E-state index in [0.717, 1.165) is 32.0 Å². The Balaban J connectivity index is 1.62. The second kappa shape index (κ2) is 8.27. The Hall–Kier alpha value is -1.47. The molecule has 2 aliphatic heterocycles. The van der Waals surface area contributed by atoms with E-state index in [1.807, 2.05) is 12.1 Å². The maximum atomic E-state index is 12.7. The van der Waals surface area contributed by atoms with Gasteiger partial charge in [0.1, 0.15) is 0 Å². The molecule has 1 amide bonds. The van der Waals surface area contributed by atoms with Crippen LogP contribution in [0.2, 0.25) is 0 Å². The number of hydrogen-bond acceptors (Lipinski definition) is 5. The van der Waals surface area contributed by atoms with Crippen LogP contribution in [0.5, 0.6) is 0 Å². The average molecular weight is 347 g/mol. The summed E-state index contributed by atoms with van der Waals surface area (Å²) < 4.78 is 10.8. The van der Waals surface area contributed by atoms with Crippen molar-refractivity contribution in [2.75, 3.05) is 51.4 Å². The summed E-state index contributed by atoms with van der Waals surface area (Å²) in [5, 5.41) is 3.04. The number of nitrogens with zero attached hydrogens (tertiary/aromatic N) is 1. The third-order valence-electron chi connectivity index (χ3n) is 5.57. The van der Waals surface area contributed by atoms with Crippen molar-refractivity contribution < 1.29 is 14.3 Å². The first-order valence-corrected chi connectivity index (χ1v) is 9.16. The first kappa shape index (κ1) is 18.3. The predicted molar refractivity (Wildman–Crippen MR) is 97.4 cm³/mol. The molecule has 0 aliphatic carbocycles. The van der Waals surface area contributed by atoms with E-state index in [-0.39, 0.29) is 5.91 Å². The number of anilines is 1. The van der Waals surface area contributed by atoms with E-state index in [9.17, 15) is 4.79 Å². The standard InChI is InChI=1S/C19H29N3O3/c1-15(22-8-12-25-13-9-22)16-2-4-17(5-3-16)21-18(23)19(14-20)6-10-24-11-7-19/h2-5,15H,6-14,20H2,1H3,(H,21,23). The molecule has 2 saturated heterocycles. The summed E-state index contributed by atoms with van der Waals surface area (Å²) >= 11 is 0. The van der Waals surface area contributed by atoms with Crippen molar-refractivity contribution in [1.82, 2.24) is 4.90 Å². The summed E-state index contributed by atoms with van der Waals surface area (Å²) in [7, 11) is 0. The Bertz CT molecular complexity index is 564. The highest BCUT2D eigenvalue weighted by Gasteiger charge is 2.38. The van der Waals surface area contributed by atoms with Gasteiger partial charge in [0, 0.05) is 44.6 Å². The van der Waals surface area contributed by atoms with E-state index < -0.39 is 5.41 Å². The molecule has 0 saturated carbocycles. The van der Waals surface area contributed by atoms with Crippen LogP contribution >= 0.6 is 0 Å². The quantitative estimate of drug-likeness (QED) is 0.849. The highest BCUT2D eigenvalue weighted by molar-refractivity contribution is 5.95. The predicted octanol–water partition coefficient (Wildman–Crippen LogP) is 1.77. The van der Waals surface area contributed by atoms with Crippen molar-refractivity contribution >= 4 is 11.6 Å². The molecule has 0 radical (unpaired) electrons. The Labute approximate surface area is 149 Å². The van der Waals surface area contributed by atoms with Crippen LogP contribution in [0.25, 0.3) is 0 Å². The second-order valence-corrected chi connectivity index (χ2v) is 7.00. The molecule has 25 heavy (non-hydrogen) atoms. The zero-order chi connectivity index (χ0) is 17.7. The van der Waals surface area contributed by atoms with Gasteiger partial charge in [0.15, 0.2) is 0 Å². The van der Waals surface area contributed by atoms with E-state index >= 15 is 0 Å². The number of rotatable bonds is 5. The van der Waals surface area contributed by atoms with Gasteiger partial charge in [0.25, 0.3) is 0 Å². The SMILES string of the molecule is CC(c1ccc(NC(=O)C2(CN)CCOCC2)cc1)N1CCOCC1. The Morgan fingerprint density at radius 1 is 1.16 bits per heavy atom. The molecular weight excluding hydrogens is 318 g/mol. The highest BCUT2D eigenvalue weighted by Crippen LogP contribution is 2.31. The third kappa shape index (κ3) is 4.20. The average Bonchev–Trinajstić information content (AvgIpc) is 2.69. The lowest BCUT2D eigenvalue weighted by Crippen LogP contribution is -2.46. The van der Waals surface area contributed by atoms with E-state index in [4.69, 9.17) is 15.2 Å². The van der Waals surface area contributed by atoms with Crippen LogP contribution in [0.1, 0.15) is 31.4 Å². The highest BCUT2D eigenvalue weighted by atomic mass is 16.5. The molecule has 1 aromatic rings. The van der Waals surface area contributed by atoms with Crippen molar-refractivity contribution in [3.63, 3.8) is 0 Å². The lowest BCUT2D eigenvalue weighted by atomic mass is 9.79. The van der Waals surface area contributed by atoms with E-state index in [2.05, 4.69) is 29.3 Å². The summed E-state index contributed by atoms with van der Waals surface area (Å²) in [4.78, 5) is 15.1. The summed E-state index contributed by atoms with van der Waals surface area (Å²) in [6, 6.07) is 8.49. The van der Waals surface area contributed by atoms with Gasteiger partial charge in [-0.1, -0.05) is 12.1 Å².